The highest BCUT2D eigenvalue weighted by Crippen LogP contribution is 2.37. The Morgan fingerprint density at radius 3 is 2.68 bits per heavy atom. The van der Waals surface area contributed by atoms with E-state index in [1.54, 1.807) is 14.2 Å². The summed E-state index contributed by atoms with van der Waals surface area (Å²) in [6, 6.07) is 2.10. The van der Waals surface area contributed by atoms with Gasteiger partial charge < -0.3 is 19.5 Å². The molecule has 1 aromatic rings. The number of hydrogen-bond donors (Lipinski definition) is 1. The van der Waals surface area contributed by atoms with Crippen molar-refractivity contribution < 1.29 is 14.2 Å². The molecule has 0 saturated heterocycles. The fourth-order valence-electron chi connectivity index (χ4n) is 2.45. The van der Waals surface area contributed by atoms with Gasteiger partial charge >= 0.3 is 0 Å². The Labute approximate surface area is 120 Å². The minimum absolute atomic E-state index is 0. The minimum atomic E-state index is 0. The second kappa shape index (κ2) is 7.58. The van der Waals surface area contributed by atoms with Crippen LogP contribution in [-0.2, 0) is 24.2 Å². The van der Waals surface area contributed by atoms with Gasteiger partial charge in [-0.25, -0.2) is 0 Å². The third-order valence-corrected chi connectivity index (χ3v) is 3.34. The van der Waals surface area contributed by atoms with Crippen LogP contribution < -0.4 is 14.8 Å². The normalized spacial score (nSPS) is 13.4. The molecule has 5 heteroatoms. The standard InChI is InChI=1S/C14H21NO3.ClH/c1-15-6-4-10-8-13(16-2)11-5-7-18-9-12(11)14(10)17-3;/h8,15H,4-7,9H2,1-3H3;1H. The van der Waals surface area contributed by atoms with E-state index in [-0.39, 0.29) is 12.4 Å². The number of nitrogens with one attached hydrogen (secondary N) is 1. The number of ether oxygens (including phenoxy) is 3. The highest BCUT2D eigenvalue weighted by Gasteiger charge is 2.21. The van der Waals surface area contributed by atoms with Crippen LogP contribution in [0, 0.1) is 0 Å². The van der Waals surface area contributed by atoms with Crippen molar-refractivity contribution in [1.29, 1.82) is 0 Å². The van der Waals surface area contributed by atoms with Crippen LogP contribution in [0.4, 0.5) is 0 Å². The van der Waals surface area contributed by atoms with Gasteiger partial charge in [0.05, 0.1) is 27.4 Å². The van der Waals surface area contributed by atoms with E-state index in [1.165, 1.54) is 11.1 Å². The molecule has 0 spiro atoms. The molecule has 1 heterocycles. The second-order valence-electron chi connectivity index (χ2n) is 4.38. The van der Waals surface area contributed by atoms with E-state index in [4.69, 9.17) is 14.2 Å². The van der Waals surface area contributed by atoms with Gasteiger partial charge in [0.25, 0.3) is 0 Å². The molecule has 4 nitrogen and oxygen atoms in total. The van der Waals surface area contributed by atoms with Crippen LogP contribution in [0.2, 0.25) is 0 Å². The molecule has 0 bridgehead atoms. The van der Waals surface area contributed by atoms with Crippen LogP contribution in [-0.4, -0.2) is 34.4 Å². The average molecular weight is 288 g/mol. The molecule has 0 atom stereocenters. The first-order valence-electron chi connectivity index (χ1n) is 6.29. The number of rotatable bonds is 5. The maximum atomic E-state index is 5.58. The topological polar surface area (TPSA) is 39.7 Å². The van der Waals surface area contributed by atoms with Crippen molar-refractivity contribution in [2.75, 3.05) is 34.4 Å². The molecule has 1 aromatic carbocycles. The van der Waals surface area contributed by atoms with Gasteiger partial charge in [-0.15, -0.1) is 12.4 Å². The lowest BCUT2D eigenvalue weighted by molar-refractivity contribution is 0.107. The summed E-state index contributed by atoms with van der Waals surface area (Å²) in [7, 11) is 5.39. The molecule has 0 amide bonds. The Bertz CT molecular complexity index is 424. The molecule has 0 unspecified atom stereocenters. The molecule has 0 radical (unpaired) electrons. The second-order valence-corrected chi connectivity index (χ2v) is 4.38. The number of hydrogen-bond acceptors (Lipinski definition) is 4. The van der Waals surface area contributed by atoms with E-state index >= 15 is 0 Å². The van der Waals surface area contributed by atoms with Crippen molar-refractivity contribution in [3.05, 3.63) is 22.8 Å². The van der Waals surface area contributed by atoms with Gasteiger partial charge in [0.2, 0.25) is 0 Å². The van der Waals surface area contributed by atoms with Gasteiger partial charge in [0.1, 0.15) is 11.5 Å². The zero-order valence-corrected chi connectivity index (χ0v) is 12.6. The Kier molecular flexibility index (Phi) is 6.42. The molecule has 0 aromatic heterocycles. The molecule has 0 saturated carbocycles. The summed E-state index contributed by atoms with van der Waals surface area (Å²) in [6.45, 7) is 2.28. The third-order valence-electron chi connectivity index (χ3n) is 3.34. The SMILES string of the molecule is CNCCc1cc(OC)c2c(c1OC)COCC2.Cl. The predicted molar refractivity (Wildman–Crippen MR) is 77.8 cm³/mol. The minimum Gasteiger partial charge on any atom is -0.496 e. The van der Waals surface area contributed by atoms with Gasteiger partial charge in [-0.05, 0) is 38.1 Å². The van der Waals surface area contributed by atoms with Crippen molar-refractivity contribution in [3.63, 3.8) is 0 Å². The molecule has 19 heavy (non-hydrogen) atoms. The van der Waals surface area contributed by atoms with Crippen LogP contribution in [0.1, 0.15) is 16.7 Å². The molecular formula is C14H22ClNO3. The number of halogens is 1. The number of likely N-dealkylation sites (N-methyl/N-ethyl adjacent to an activating group) is 1. The number of methoxy groups -OCH3 is 2. The van der Waals surface area contributed by atoms with E-state index in [2.05, 4.69) is 11.4 Å². The first kappa shape index (κ1) is 16.1. The third kappa shape index (κ3) is 3.32. The monoisotopic (exact) mass is 287 g/mol. The summed E-state index contributed by atoms with van der Waals surface area (Å²) >= 11 is 0. The largest absolute Gasteiger partial charge is 0.496 e. The van der Waals surface area contributed by atoms with Gasteiger partial charge in [-0.2, -0.15) is 0 Å². The van der Waals surface area contributed by atoms with E-state index in [9.17, 15) is 0 Å². The Morgan fingerprint density at radius 2 is 2.05 bits per heavy atom. The summed E-state index contributed by atoms with van der Waals surface area (Å²) in [5.74, 6) is 1.92. The summed E-state index contributed by atoms with van der Waals surface area (Å²) in [6.07, 6.45) is 1.81. The van der Waals surface area contributed by atoms with Crippen molar-refractivity contribution in [1.82, 2.24) is 5.32 Å². The summed E-state index contributed by atoms with van der Waals surface area (Å²) in [4.78, 5) is 0. The molecule has 2 rings (SSSR count). The first-order valence-corrected chi connectivity index (χ1v) is 6.29. The highest BCUT2D eigenvalue weighted by molar-refractivity contribution is 5.85. The molecular weight excluding hydrogens is 266 g/mol. The Hall–Kier alpha value is -0.970. The Morgan fingerprint density at radius 1 is 1.26 bits per heavy atom. The van der Waals surface area contributed by atoms with E-state index in [0.717, 1.165) is 43.1 Å². The molecule has 108 valence electrons. The smallest absolute Gasteiger partial charge is 0.128 e. The van der Waals surface area contributed by atoms with Gasteiger partial charge in [0, 0.05) is 11.1 Å². The van der Waals surface area contributed by atoms with Gasteiger partial charge in [-0.1, -0.05) is 0 Å². The zero-order valence-electron chi connectivity index (χ0n) is 11.7. The molecule has 1 aliphatic heterocycles. The first-order chi connectivity index (χ1) is 8.81. The number of fused-ring (bicyclic) bond motifs is 1. The van der Waals surface area contributed by atoms with Crippen LogP contribution in [0.25, 0.3) is 0 Å². The summed E-state index contributed by atoms with van der Waals surface area (Å²) in [5.41, 5.74) is 3.55. The predicted octanol–water partition coefficient (Wildman–Crippen LogP) is 1.96. The lowest BCUT2D eigenvalue weighted by Crippen LogP contribution is -2.16. The van der Waals surface area contributed by atoms with E-state index in [1.807, 2.05) is 7.05 Å². The van der Waals surface area contributed by atoms with Crippen LogP contribution >= 0.6 is 12.4 Å². The van der Waals surface area contributed by atoms with Gasteiger partial charge in [0.15, 0.2) is 0 Å². The molecule has 0 aliphatic carbocycles. The van der Waals surface area contributed by atoms with Crippen LogP contribution in [0.5, 0.6) is 11.5 Å². The summed E-state index contributed by atoms with van der Waals surface area (Å²) < 4.78 is 16.6. The maximum absolute atomic E-state index is 5.58. The fraction of sp³-hybridized carbons (Fsp3) is 0.571. The lowest BCUT2D eigenvalue weighted by Gasteiger charge is -2.24. The van der Waals surface area contributed by atoms with Crippen LogP contribution in [0.3, 0.4) is 0 Å². The van der Waals surface area contributed by atoms with Crippen molar-refractivity contribution in [3.8, 4) is 11.5 Å². The lowest BCUT2D eigenvalue weighted by atomic mass is 9.96. The van der Waals surface area contributed by atoms with E-state index in [0.29, 0.717) is 6.61 Å². The maximum Gasteiger partial charge on any atom is 0.128 e. The highest BCUT2D eigenvalue weighted by atomic mass is 35.5. The van der Waals surface area contributed by atoms with E-state index < -0.39 is 0 Å². The molecule has 0 fully saturated rings. The molecule has 1 aliphatic rings. The van der Waals surface area contributed by atoms with Crippen molar-refractivity contribution in [2.24, 2.45) is 0 Å². The van der Waals surface area contributed by atoms with Crippen molar-refractivity contribution in [2.45, 2.75) is 19.4 Å². The quantitative estimate of drug-likeness (QED) is 0.899. The number of benzene rings is 1. The zero-order chi connectivity index (χ0) is 13.0. The van der Waals surface area contributed by atoms with Crippen molar-refractivity contribution >= 4 is 12.4 Å². The summed E-state index contributed by atoms with van der Waals surface area (Å²) in [5, 5.41) is 3.16. The van der Waals surface area contributed by atoms with Crippen LogP contribution in [0.15, 0.2) is 6.07 Å². The average Bonchev–Trinajstić information content (AvgIpc) is 2.43. The Balaban J connectivity index is 0.00000180. The fourth-order valence-corrected chi connectivity index (χ4v) is 2.45. The van der Waals surface area contributed by atoms with Gasteiger partial charge in [-0.3, -0.25) is 0 Å². The molecule has 1 N–H and O–H groups in total.